The quantitative estimate of drug-likeness (QED) is 0.417. The Morgan fingerprint density at radius 1 is 0.607 bits per heavy atom. The molecule has 0 nitrogen and oxygen atoms in total. The minimum atomic E-state index is -1.49. The molecule has 3 saturated carbocycles. The molecule has 0 heterocycles. The summed E-state index contributed by atoms with van der Waals surface area (Å²) in [7, 11) is 0. The molecule has 0 unspecified atom stereocenters. The number of allylic oxidation sites excluding steroid dienone is 1. The standard InChI is InChI=1S/C24H40F2.2CH4/c1-18-2-4-20(5-3-18)16-22-10-12-23(13-11-22)17-21-8-6-19(7-9-21)14-15-24(25)26;;/h15,18-23H,2-14,16-17H2,1H3;2*1H4. The van der Waals surface area contributed by atoms with Crippen molar-refractivity contribution in [2.45, 2.75) is 118 Å². The van der Waals surface area contributed by atoms with E-state index >= 15 is 0 Å². The fourth-order valence-electron chi connectivity index (χ4n) is 6.17. The van der Waals surface area contributed by atoms with Gasteiger partial charge in [-0.3, -0.25) is 0 Å². The predicted molar refractivity (Wildman–Crippen MR) is 120 cm³/mol. The summed E-state index contributed by atoms with van der Waals surface area (Å²) in [6.07, 6.45) is 19.9. The van der Waals surface area contributed by atoms with Crippen LogP contribution in [0.5, 0.6) is 0 Å². The fraction of sp³-hybridized carbons (Fsp3) is 0.923. The first kappa shape index (κ1) is 25.6. The van der Waals surface area contributed by atoms with Crippen molar-refractivity contribution in [2.75, 3.05) is 0 Å². The summed E-state index contributed by atoms with van der Waals surface area (Å²) in [5.74, 6) is 5.38. The third-order valence-corrected chi connectivity index (χ3v) is 8.01. The summed E-state index contributed by atoms with van der Waals surface area (Å²) < 4.78 is 24.5. The van der Waals surface area contributed by atoms with Crippen LogP contribution in [0.25, 0.3) is 0 Å². The summed E-state index contributed by atoms with van der Waals surface area (Å²) in [5, 5.41) is 0. The van der Waals surface area contributed by atoms with Gasteiger partial charge in [-0.1, -0.05) is 86.0 Å². The Morgan fingerprint density at radius 2 is 0.929 bits per heavy atom. The average Bonchev–Trinajstić information content (AvgIpc) is 2.64. The van der Waals surface area contributed by atoms with E-state index < -0.39 is 6.08 Å². The number of hydrogen-bond acceptors (Lipinski definition) is 0. The van der Waals surface area contributed by atoms with Crippen LogP contribution in [0.15, 0.2) is 12.2 Å². The van der Waals surface area contributed by atoms with Crippen molar-refractivity contribution >= 4 is 0 Å². The SMILES string of the molecule is C.C.CC1CCC(CC2CCC(CC3CCC(CC=C(F)F)CC3)CC2)CC1. The van der Waals surface area contributed by atoms with E-state index in [0.717, 1.165) is 35.7 Å². The first-order chi connectivity index (χ1) is 12.6. The second kappa shape index (κ2) is 13.0. The molecule has 166 valence electrons. The third kappa shape index (κ3) is 8.54. The molecule has 0 aromatic heterocycles. The van der Waals surface area contributed by atoms with Gasteiger partial charge in [0.1, 0.15) is 0 Å². The molecule has 3 aliphatic rings. The Balaban J connectivity index is 0.00000196. The Kier molecular flexibility index (Phi) is 11.9. The van der Waals surface area contributed by atoms with Gasteiger partial charge in [0.05, 0.1) is 0 Å². The molecule has 0 radical (unpaired) electrons. The minimum Gasteiger partial charge on any atom is -0.174 e. The number of rotatable bonds is 6. The second-order valence-corrected chi connectivity index (χ2v) is 10.1. The number of halogens is 2. The largest absolute Gasteiger partial charge is 0.266 e. The molecule has 0 atom stereocenters. The van der Waals surface area contributed by atoms with E-state index in [2.05, 4.69) is 6.92 Å². The maximum atomic E-state index is 12.2. The maximum absolute atomic E-state index is 12.2. The normalized spacial score (nSPS) is 36.0. The van der Waals surface area contributed by atoms with E-state index in [4.69, 9.17) is 0 Å². The lowest BCUT2D eigenvalue weighted by Gasteiger charge is -2.36. The molecule has 0 aliphatic heterocycles. The molecule has 0 aromatic carbocycles. The van der Waals surface area contributed by atoms with Gasteiger partial charge < -0.3 is 0 Å². The van der Waals surface area contributed by atoms with Crippen LogP contribution in [-0.4, -0.2) is 0 Å². The molecular formula is C26H48F2. The van der Waals surface area contributed by atoms with Gasteiger partial charge in [-0.15, -0.1) is 0 Å². The molecule has 3 rings (SSSR count). The highest BCUT2D eigenvalue weighted by Gasteiger charge is 2.28. The highest BCUT2D eigenvalue weighted by atomic mass is 19.3. The maximum Gasteiger partial charge on any atom is 0.266 e. The lowest BCUT2D eigenvalue weighted by atomic mass is 9.70. The van der Waals surface area contributed by atoms with Gasteiger partial charge in [-0.2, -0.15) is 8.78 Å². The van der Waals surface area contributed by atoms with E-state index in [1.165, 1.54) is 89.9 Å². The highest BCUT2D eigenvalue weighted by Crippen LogP contribution is 2.42. The smallest absolute Gasteiger partial charge is 0.174 e. The summed E-state index contributed by atoms with van der Waals surface area (Å²) in [6.45, 7) is 2.42. The molecule has 0 amide bonds. The van der Waals surface area contributed by atoms with Gasteiger partial charge >= 0.3 is 0 Å². The third-order valence-electron chi connectivity index (χ3n) is 8.01. The Labute approximate surface area is 174 Å². The van der Waals surface area contributed by atoms with Crippen molar-refractivity contribution in [1.82, 2.24) is 0 Å². The molecule has 2 heteroatoms. The fourth-order valence-corrected chi connectivity index (χ4v) is 6.17. The lowest BCUT2D eigenvalue weighted by molar-refractivity contribution is 0.166. The van der Waals surface area contributed by atoms with Crippen LogP contribution in [0.4, 0.5) is 8.78 Å². The molecule has 3 aliphatic carbocycles. The van der Waals surface area contributed by atoms with Crippen molar-refractivity contribution in [1.29, 1.82) is 0 Å². The molecule has 28 heavy (non-hydrogen) atoms. The van der Waals surface area contributed by atoms with Crippen LogP contribution in [-0.2, 0) is 0 Å². The summed E-state index contributed by atoms with van der Waals surface area (Å²) >= 11 is 0. The summed E-state index contributed by atoms with van der Waals surface area (Å²) in [6, 6.07) is 0. The van der Waals surface area contributed by atoms with E-state index in [1.54, 1.807) is 0 Å². The van der Waals surface area contributed by atoms with Gasteiger partial charge in [0.2, 0.25) is 0 Å². The van der Waals surface area contributed by atoms with E-state index in [1.807, 2.05) is 0 Å². The Morgan fingerprint density at radius 3 is 1.29 bits per heavy atom. The monoisotopic (exact) mass is 398 g/mol. The average molecular weight is 399 g/mol. The minimum absolute atomic E-state index is 0. The first-order valence-electron chi connectivity index (χ1n) is 11.6. The molecule has 0 bridgehead atoms. The van der Waals surface area contributed by atoms with Gasteiger partial charge in [-0.25, -0.2) is 0 Å². The predicted octanol–water partition coefficient (Wildman–Crippen LogP) is 9.65. The molecule has 3 fully saturated rings. The lowest BCUT2D eigenvalue weighted by Crippen LogP contribution is -2.22. The Bertz CT molecular complexity index is 416. The van der Waals surface area contributed by atoms with Crippen molar-refractivity contribution < 1.29 is 8.78 Å². The molecular weight excluding hydrogens is 350 g/mol. The van der Waals surface area contributed by atoms with Crippen molar-refractivity contribution in [3.8, 4) is 0 Å². The van der Waals surface area contributed by atoms with Gasteiger partial charge in [0.25, 0.3) is 6.08 Å². The van der Waals surface area contributed by atoms with Crippen molar-refractivity contribution in [3.63, 3.8) is 0 Å². The molecule has 0 spiro atoms. The van der Waals surface area contributed by atoms with Crippen LogP contribution < -0.4 is 0 Å². The van der Waals surface area contributed by atoms with E-state index in [9.17, 15) is 8.78 Å². The van der Waals surface area contributed by atoms with Gasteiger partial charge in [-0.05, 0) is 73.7 Å². The van der Waals surface area contributed by atoms with Crippen LogP contribution in [0, 0.1) is 35.5 Å². The second-order valence-electron chi connectivity index (χ2n) is 10.1. The topological polar surface area (TPSA) is 0 Å². The summed E-state index contributed by atoms with van der Waals surface area (Å²) in [4.78, 5) is 0. The zero-order valence-electron chi connectivity index (χ0n) is 16.9. The van der Waals surface area contributed by atoms with Crippen LogP contribution in [0.2, 0.25) is 0 Å². The van der Waals surface area contributed by atoms with Gasteiger partial charge in [0, 0.05) is 0 Å². The molecule has 0 N–H and O–H groups in total. The van der Waals surface area contributed by atoms with Gasteiger partial charge in [0.15, 0.2) is 0 Å². The zero-order valence-corrected chi connectivity index (χ0v) is 16.9. The molecule has 0 saturated heterocycles. The van der Waals surface area contributed by atoms with E-state index in [0.29, 0.717) is 12.3 Å². The first-order valence-corrected chi connectivity index (χ1v) is 11.6. The number of hydrogen-bond donors (Lipinski definition) is 0. The summed E-state index contributed by atoms with van der Waals surface area (Å²) in [5.41, 5.74) is 0. The van der Waals surface area contributed by atoms with Crippen molar-refractivity contribution in [3.05, 3.63) is 12.2 Å². The van der Waals surface area contributed by atoms with E-state index in [-0.39, 0.29) is 14.9 Å². The van der Waals surface area contributed by atoms with Crippen molar-refractivity contribution in [2.24, 2.45) is 35.5 Å². The van der Waals surface area contributed by atoms with Crippen LogP contribution in [0.3, 0.4) is 0 Å². The zero-order chi connectivity index (χ0) is 18.4. The Hall–Kier alpha value is -0.400. The highest BCUT2D eigenvalue weighted by molar-refractivity contribution is 4.86. The molecule has 0 aromatic rings. The van der Waals surface area contributed by atoms with Crippen LogP contribution >= 0.6 is 0 Å². The van der Waals surface area contributed by atoms with Crippen LogP contribution in [0.1, 0.15) is 118 Å².